The molecule has 1 aromatic rings. The topological polar surface area (TPSA) is 32.3 Å². The molecule has 0 aliphatic carbocycles. The van der Waals surface area contributed by atoms with Gasteiger partial charge in [-0.1, -0.05) is 24.3 Å². The molecule has 0 bridgehead atoms. The Morgan fingerprint density at radius 3 is 2.56 bits per heavy atom. The van der Waals surface area contributed by atoms with Gasteiger partial charge in [-0.3, -0.25) is 0 Å². The van der Waals surface area contributed by atoms with Gasteiger partial charge in [-0.25, -0.2) is 0 Å². The second-order valence-corrected chi connectivity index (χ2v) is 5.42. The molecule has 2 rings (SSSR count). The summed E-state index contributed by atoms with van der Waals surface area (Å²) >= 11 is 2.05. The standard InChI is InChI=1S/C13H19NOS/c15-10-12-4-2-1-3-11(12)9-14-13-5-7-16-8-6-13/h1-4,13-15H,5-10H2. The van der Waals surface area contributed by atoms with E-state index in [0.29, 0.717) is 6.04 Å². The van der Waals surface area contributed by atoms with Crippen LogP contribution in [0.1, 0.15) is 24.0 Å². The molecule has 1 aliphatic heterocycles. The molecule has 1 heterocycles. The Balaban J connectivity index is 1.88. The Kier molecular flexibility index (Phi) is 4.69. The van der Waals surface area contributed by atoms with E-state index in [1.807, 2.05) is 30.0 Å². The SMILES string of the molecule is OCc1ccccc1CNC1CCSCC1. The Bertz CT molecular complexity index is 323. The third-order valence-electron chi connectivity index (χ3n) is 3.09. The summed E-state index contributed by atoms with van der Waals surface area (Å²) in [5, 5.41) is 12.8. The zero-order chi connectivity index (χ0) is 11.2. The highest BCUT2D eigenvalue weighted by Gasteiger charge is 2.13. The van der Waals surface area contributed by atoms with Gasteiger partial charge in [0.25, 0.3) is 0 Å². The summed E-state index contributed by atoms with van der Waals surface area (Å²) in [7, 11) is 0. The minimum Gasteiger partial charge on any atom is -0.392 e. The highest BCUT2D eigenvalue weighted by Crippen LogP contribution is 2.17. The van der Waals surface area contributed by atoms with Crippen molar-refractivity contribution in [2.45, 2.75) is 32.0 Å². The lowest BCUT2D eigenvalue weighted by molar-refractivity contribution is 0.280. The molecule has 2 nitrogen and oxygen atoms in total. The van der Waals surface area contributed by atoms with Gasteiger partial charge in [-0.15, -0.1) is 0 Å². The number of rotatable bonds is 4. The molecule has 1 saturated heterocycles. The smallest absolute Gasteiger partial charge is 0.0685 e. The summed E-state index contributed by atoms with van der Waals surface area (Å²) < 4.78 is 0. The Morgan fingerprint density at radius 1 is 1.19 bits per heavy atom. The Labute approximate surface area is 101 Å². The maximum Gasteiger partial charge on any atom is 0.0685 e. The first-order chi connectivity index (χ1) is 7.90. The van der Waals surface area contributed by atoms with Crippen molar-refractivity contribution < 1.29 is 5.11 Å². The maximum absolute atomic E-state index is 9.22. The molecule has 3 heteroatoms. The number of hydrogen-bond donors (Lipinski definition) is 2. The number of aliphatic hydroxyl groups is 1. The van der Waals surface area contributed by atoms with Crippen LogP contribution in [-0.2, 0) is 13.2 Å². The lowest BCUT2D eigenvalue weighted by Crippen LogP contribution is -2.32. The van der Waals surface area contributed by atoms with E-state index < -0.39 is 0 Å². The molecule has 16 heavy (non-hydrogen) atoms. The quantitative estimate of drug-likeness (QED) is 0.842. The van der Waals surface area contributed by atoms with Crippen molar-refractivity contribution in [1.82, 2.24) is 5.32 Å². The van der Waals surface area contributed by atoms with Crippen LogP contribution in [0.15, 0.2) is 24.3 Å². The largest absolute Gasteiger partial charge is 0.392 e. The van der Waals surface area contributed by atoms with Gasteiger partial charge in [-0.2, -0.15) is 11.8 Å². The van der Waals surface area contributed by atoms with Crippen LogP contribution >= 0.6 is 11.8 Å². The van der Waals surface area contributed by atoms with Crippen LogP contribution in [0.3, 0.4) is 0 Å². The number of thioether (sulfide) groups is 1. The van der Waals surface area contributed by atoms with Gasteiger partial charge in [0.05, 0.1) is 6.61 Å². The second-order valence-electron chi connectivity index (χ2n) is 4.19. The molecule has 0 aromatic heterocycles. The van der Waals surface area contributed by atoms with E-state index in [2.05, 4.69) is 11.4 Å². The summed E-state index contributed by atoms with van der Waals surface area (Å²) in [6.07, 6.45) is 2.54. The summed E-state index contributed by atoms with van der Waals surface area (Å²) in [6.45, 7) is 1.02. The molecule has 1 aromatic carbocycles. The van der Waals surface area contributed by atoms with Gasteiger partial charge in [-0.05, 0) is 35.5 Å². The Morgan fingerprint density at radius 2 is 1.88 bits per heavy atom. The molecule has 1 fully saturated rings. The van der Waals surface area contributed by atoms with Gasteiger partial charge in [0, 0.05) is 12.6 Å². The van der Waals surface area contributed by atoms with Crippen LogP contribution in [-0.4, -0.2) is 22.7 Å². The monoisotopic (exact) mass is 237 g/mol. The number of nitrogens with one attached hydrogen (secondary N) is 1. The van der Waals surface area contributed by atoms with E-state index in [0.717, 1.165) is 12.1 Å². The van der Waals surface area contributed by atoms with E-state index in [4.69, 9.17) is 0 Å². The minimum absolute atomic E-state index is 0.137. The van der Waals surface area contributed by atoms with Crippen LogP contribution in [0.4, 0.5) is 0 Å². The van der Waals surface area contributed by atoms with E-state index >= 15 is 0 Å². The summed E-state index contributed by atoms with van der Waals surface area (Å²) in [6, 6.07) is 8.76. The van der Waals surface area contributed by atoms with E-state index in [1.165, 1.54) is 29.9 Å². The average Bonchev–Trinajstić information content (AvgIpc) is 2.38. The third-order valence-corrected chi connectivity index (χ3v) is 4.14. The highest BCUT2D eigenvalue weighted by molar-refractivity contribution is 7.99. The highest BCUT2D eigenvalue weighted by atomic mass is 32.2. The fraction of sp³-hybridized carbons (Fsp3) is 0.538. The molecule has 0 atom stereocenters. The van der Waals surface area contributed by atoms with Crippen molar-refractivity contribution in [3.8, 4) is 0 Å². The number of aliphatic hydroxyl groups excluding tert-OH is 1. The van der Waals surface area contributed by atoms with Gasteiger partial charge in [0.2, 0.25) is 0 Å². The van der Waals surface area contributed by atoms with Crippen molar-refractivity contribution in [1.29, 1.82) is 0 Å². The first kappa shape index (κ1) is 12.0. The molecule has 0 amide bonds. The molecule has 0 saturated carbocycles. The predicted octanol–water partition coefficient (Wildman–Crippen LogP) is 2.16. The fourth-order valence-electron chi connectivity index (χ4n) is 2.04. The van der Waals surface area contributed by atoms with Crippen LogP contribution < -0.4 is 5.32 Å². The van der Waals surface area contributed by atoms with Gasteiger partial charge in [0.1, 0.15) is 0 Å². The van der Waals surface area contributed by atoms with Gasteiger partial charge >= 0.3 is 0 Å². The van der Waals surface area contributed by atoms with Crippen LogP contribution in [0.2, 0.25) is 0 Å². The second kappa shape index (κ2) is 6.28. The summed E-state index contributed by atoms with van der Waals surface area (Å²) in [5.74, 6) is 2.55. The van der Waals surface area contributed by atoms with Gasteiger partial charge < -0.3 is 10.4 Å². The number of hydrogen-bond acceptors (Lipinski definition) is 3. The van der Waals surface area contributed by atoms with Crippen LogP contribution in [0.25, 0.3) is 0 Å². The van der Waals surface area contributed by atoms with Crippen molar-refractivity contribution in [2.75, 3.05) is 11.5 Å². The summed E-state index contributed by atoms with van der Waals surface area (Å²) in [5.41, 5.74) is 2.27. The molecule has 2 N–H and O–H groups in total. The number of benzene rings is 1. The lowest BCUT2D eigenvalue weighted by Gasteiger charge is -2.23. The normalized spacial score (nSPS) is 17.6. The predicted molar refractivity (Wildman–Crippen MR) is 69.6 cm³/mol. The minimum atomic E-state index is 0.137. The average molecular weight is 237 g/mol. The van der Waals surface area contributed by atoms with E-state index in [9.17, 15) is 5.11 Å². The zero-order valence-electron chi connectivity index (χ0n) is 9.48. The first-order valence-electron chi connectivity index (χ1n) is 5.89. The van der Waals surface area contributed by atoms with E-state index in [1.54, 1.807) is 0 Å². The molecule has 0 spiro atoms. The fourth-order valence-corrected chi connectivity index (χ4v) is 3.15. The first-order valence-corrected chi connectivity index (χ1v) is 7.04. The van der Waals surface area contributed by atoms with E-state index in [-0.39, 0.29) is 6.61 Å². The molecule has 0 unspecified atom stereocenters. The molecule has 1 aliphatic rings. The Hall–Kier alpha value is -0.510. The van der Waals surface area contributed by atoms with Crippen molar-refractivity contribution >= 4 is 11.8 Å². The summed E-state index contributed by atoms with van der Waals surface area (Å²) in [4.78, 5) is 0. The van der Waals surface area contributed by atoms with Crippen LogP contribution in [0, 0.1) is 0 Å². The molecule has 88 valence electrons. The molecular formula is C13H19NOS. The van der Waals surface area contributed by atoms with Crippen molar-refractivity contribution in [2.24, 2.45) is 0 Å². The molecular weight excluding hydrogens is 218 g/mol. The maximum atomic E-state index is 9.22. The zero-order valence-corrected chi connectivity index (χ0v) is 10.3. The van der Waals surface area contributed by atoms with Crippen molar-refractivity contribution in [3.63, 3.8) is 0 Å². The lowest BCUT2D eigenvalue weighted by atomic mass is 10.1. The van der Waals surface area contributed by atoms with Crippen LogP contribution in [0.5, 0.6) is 0 Å². The third kappa shape index (κ3) is 3.24. The molecule has 0 radical (unpaired) electrons. The van der Waals surface area contributed by atoms with Gasteiger partial charge in [0.15, 0.2) is 0 Å². The van der Waals surface area contributed by atoms with Crippen molar-refractivity contribution in [3.05, 3.63) is 35.4 Å².